The molecule has 1 fully saturated rings. The Morgan fingerprint density at radius 1 is 1.12 bits per heavy atom. The number of aliphatic hydroxyl groups is 3. The van der Waals surface area contributed by atoms with E-state index in [1.165, 1.54) is 26.4 Å². The maximum absolute atomic E-state index is 12.2. The molecule has 34 heavy (non-hydrogen) atoms. The van der Waals surface area contributed by atoms with Crippen LogP contribution in [0.15, 0.2) is 18.2 Å². The van der Waals surface area contributed by atoms with Gasteiger partial charge < -0.3 is 34.8 Å². The average Bonchev–Trinajstić information content (AvgIpc) is 2.82. The van der Waals surface area contributed by atoms with Crippen LogP contribution >= 0.6 is 0 Å². The van der Waals surface area contributed by atoms with Crippen molar-refractivity contribution in [2.75, 3.05) is 13.7 Å². The highest BCUT2D eigenvalue weighted by molar-refractivity contribution is 5.75. The fourth-order valence-corrected chi connectivity index (χ4v) is 4.27. The van der Waals surface area contributed by atoms with Crippen molar-refractivity contribution in [1.82, 2.24) is 5.32 Å². The summed E-state index contributed by atoms with van der Waals surface area (Å²) in [5.74, 6) is 1.09. The molecule has 2 rings (SSSR count). The number of methoxy groups -OCH3 is 1. The largest absolute Gasteiger partial charge is 0.493 e. The molecule has 1 aromatic carbocycles. The summed E-state index contributed by atoms with van der Waals surface area (Å²) in [5, 5.41) is 33.3. The molecular formula is C26H43NO7. The van der Waals surface area contributed by atoms with E-state index in [9.17, 15) is 20.1 Å². The van der Waals surface area contributed by atoms with Crippen LogP contribution in [0.3, 0.4) is 0 Å². The Labute approximate surface area is 203 Å². The number of hydrogen-bond acceptors (Lipinski definition) is 7. The van der Waals surface area contributed by atoms with Gasteiger partial charge in [0.1, 0.15) is 12.2 Å². The first-order chi connectivity index (χ1) is 16.3. The van der Waals surface area contributed by atoms with E-state index in [2.05, 4.69) is 19.2 Å². The first-order valence-corrected chi connectivity index (χ1v) is 12.5. The second kappa shape index (κ2) is 14.5. The monoisotopic (exact) mass is 481 g/mol. The summed E-state index contributed by atoms with van der Waals surface area (Å²) in [5.41, 5.74) is 0.856. The second-order valence-corrected chi connectivity index (χ2v) is 9.51. The van der Waals surface area contributed by atoms with Crippen molar-refractivity contribution in [3.8, 4) is 11.5 Å². The Kier molecular flexibility index (Phi) is 12.1. The summed E-state index contributed by atoms with van der Waals surface area (Å²) in [6.07, 6.45) is 2.70. The standard InChI is InChI=1S/C26H43NO7/c1-5-19-24(30)22(16-28)34-26(25(19)31)33-20-13-12-18(14-21(20)32-4)15-27-23(29)11-9-7-6-8-10-17(2)3/h12-14,17,19,22,24-26,28,30-31H,5-11,15-16H2,1-4H3,(H,27,29). The van der Waals surface area contributed by atoms with Crippen LogP contribution in [-0.2, 0) is 16.1 Å². The molecule has 5 atom stereocenters. The van der Waals surface area contributed by atoms with E-state index in [1.54, 1.807) is 12.1 Å². The van der Waals surface area contributed by atoms with Gasteiger partial charge in [-0.25, -0.2) is 0 Å². The number of ether oxygens (including phenoxy) is 3. The SMILES string of the molecule is CCC1C(O)C(CO)OC(Oc2ccc(CNC(=O)CCCCCCC(C)C)cc2OC)C1O. The first kappa shape index (κ1) is 28.4. The number of hydrogen-bond donors (Lipinski definition) is 4. The van der Waals surface area contributed by atoms with E-state index < -0.39 is 30.5 Å². The molecule has 1 saturated heterocycles. The number of carbonyl (C=O) groups is 1. The Hall–Kier alpha value is -1.87. The lowest BCUT2D eigenvalue weighted by molar-refractivity contribution is -0.264. The molecule has 194 valence electrons. The fourth-order valence-electron chi connectivity index (χ4n) is 4.27. The van der Waals surface area contributed by atoms with Gasteiger partial charge >= 0.3 is 0 Å². The minimum absolute atomic E-state index is 0.0288. The van der Waals surface area contributed by atoms with Crippen LogP contribution in [-0.4, -0.2) is 59.5 Å². The number of unbranched alkanes of at least 4 members (excludes halogenated alkanes) is 3. The number of amides is 1. The minimum atomic E-state index is -1.06. The molecule has 0 aromatic heterocycles. The Balaban J connectivity index is 1.87. The fraction of sp³-hybridized carbons (Fsp3) is 0.731. The van der Waals surface area contributed by atoms with E-state index in [0.29, 0.717) is 30.9 Å². The molecule has 1 aliphatic heterocycles. The molecule has 1 aliphatic rings. The summed E-state index contributed by atoms with van der Waals surface area (Å²) < 4.78 is 16.9. The number of carbonyl (C=O) groups excluding carboxylic acids is 1. The van der Waals surface area contributed by atoms with Gasteiger partial charge in [0, 0.05) is 18.9 Å². The van der Waals surface area contributed by atoms with Crippen LogP contribution in [0.4, 0.5) is 0 Å². The van der Waals surface area contributed by atoms with E-state index in [4.69, 9.17) is 14.2 Å². The second-order valence-electron chi connectivity index (χ2n) is 9.51. The molecule has 8 nitrogen and oxygen atoms in total. The van der Waals surface area contributed by atoms with Crippen LogP contribution in [0.1, 0.15) is 71.3 Å². The lowest BCUT2D eigenvalue weighted by Crippen LogP contribution is -2.56. The van der Waals surface area contributed by atoms with Gasteiger partial charge in [-0.1, -0.05) is 52.5 Å². The third-order valence-electron chi connectivity index (χ3n) is 6.39. The predicted molar refractivity (Wildman–Crippen MR) is 130 cm³/mol. The zero-order valence-electron chi connectivity index (χ0n) is 21.0. The first-order valence-electron chi connectivity index (χ1n) is 12.5. The summed E-state index contributed by atoms with van der Waals surface area (Å²) in [6.45, 7) is 6.31. The van der Waals surface area contributed by atoms with Crippen LogP contribution in [0.5, 0.6) is 11.5 Å². The smallest absolute Gasteiger partial charge is 0.227 e. The van der Waals surface area contributed by atoms with Gasteiger partial charge in [-0.15, -0.1) is 0 Å². The van der Waals surface area contributed by atoms with Crippen LogP contribution in [0, 0.1) is 11.8 Å². The highest BCUT2D eigenvalue weighted by Crippen LogP contribution is 2.34. The van der Waals surface area contributed by atoms with Crippen LogP contribution in [0.25, 0.3) is 0 Å². The average molecular weight is 482 g/mol. The molecule has 1 heterocycles. The van der Waals surface area contributed by atoms with Crippen molar-refractivity contribution in [3.05, 3.63) is 23.8 Å². The predicted octanol–water partition coefficient (Wildman–Crippen LogP) is 3.15. The van der Waals surface area contributed by atoms with Crippen molar-refractivity contribution in [1.29, 1.82) is 0 Å². The summed E-state index contributed by atoms with van der Waals surface area (Å²) in [4.78, 5) is 12.2. The number of rotatable bonds is 14. The van der Waals surface area contributed by atoms with Crippen molar-refractivity contribution in [3.63, 3.8) is 0 Å². The lowest BCUT2D eigenvalue weighted by Gasteiger charge is -2.41. The third-order valence-corrected chi connectivity index (χ3v) is 6.39. The van der Waals surface area contributed by atoms with E-state index in [-0.39, 0.29) is 12.5 Å². The van der Waals surface area contributed by atoms with Crippen LogP contribution < -0.4 is 14.8 Å². The molecule has 8 heteroatoms. The normalized spacial score (nSPS) is 24.8. The molecule has 1 aromatic rings. The molecular weight excluding hydrogens is 438 g/mol. The van der Waals surface area contributed by atoms with Gasteiger partial charge in [0.05, 0.1) is 19.8 Å². The molecule has 0 bridgehead atoms. The summed E-state index contributed by atoms with van der Waals surface area (Å²) >= 11 is 0. The molecule has 0 radical (unpaired) electrons. The molecule has 1 amide bonds. The van der Waals surface area contributed by atoms with Crippen molar-refractivity contribution >= 4 is 5.91 Å². The van der Waals surface area contributed by atoms with Gasteiger partial charge in [-0.2, -0.15) is 0 Å². The van der Waals surface area contributed by atoms with Gasteiger partial charge in [0.15, 0.2) is 11.5 Å². The van der Waals surface area contributed by atoms with Gasteiger partial charge in [-0.3, -0.25) is 4.79 Å². The van der Waals surface area contributed by atoms with Gasteiger partial charge in [-0.05, 0) is 36.5 Å². The molecule has 0 aliphatic carbocycles. The van der Waals surface area contributed by atoms with E-state index >= 15 is 0 Å². The maximum atomic E-state index is 12.2. The van der Waals surface area contributed by atoms with Gasteiger partial charge in [0.2, 0.25) is 12.2 Å². The van der Waals surface area contributed by atoms with Gasteiger partial charge in [0.25, 0.3) is 0 Å². The molecule has 5 unspecified atom stereocenters. The molecule has 0 saturated carbocycles. The minimum Gasteiger partial charge on any atom is -0.493 e. The highest BCUT2D eigenvalue weighted by atomic mass is 16.7. The summed E-state index contributed by atoms with van der Waals surface area (Å²) in [6, 6.07) is 5.28. The Bertz CT molecular complexity index is 742. The Morgan fingerprint density at radius 3 is 2.50 bits per heavy atom. The van der Waals surface area contributed by atoms with Crippen molar-refractivity contribution < 1.29 is 34.3 Å². The van der Waals surface area contributed by atoms with Crippen molar-refractivity contribution in [2.24, 2.45) is 11.8 Å². The Morgan fingerprint density at radius 2 is 1.85 bits per heavy atom. The molecule has 4 N–H and O–H groups in total. The maximum Gasteiger partial charge on any atom is 0.227 e. The number of aliphatic hydroxyl groups excluding tert-OH is 3. The topological polar surface area (TPSA) is 117 Å². The van der Waals surface area contributed by atoms with E-state index in [1.807, 2.05) is 13.0 Å². The lowest BCUT2D eigenvalue weighted by atomic mass is 9.87. The third kappa shape index (κ3) is 8.41. The zero-order valence-corrected chi connectivity index (χ0v) is 21.0. The highest BCUT2D eigenvalue weighted by Gasteiger charge is 2.44. The van der Waals surface area contributed by atoms with E-state index in [0.717, 1.165) is 24.3 Å². The van der Waals surface area contributed by atoms with Crippen LogP contribution in [0.2, 0.25) is 0 Å². The molecule has 0 spiro atoms. The summed E-state index contributed by atoms with van der Waals surface area (Å²) in [7, 11) is 1.51. The number of benzene rings is 1. The quantitative estimate of drug-likeness (QED) is 0.302. The zero-order chi connectivity index (χ0) is 25.1. The van der Waals surface area contributed by atoms with Crippen molar-refractivity contribution in [2.45, 2.75) is 96.9 Å². The number of nitrogens with one attached hydrogen (secondary N) is 1.